The first-order valence-electron chi connectivity index (χ1n) is 5.45. The van der Waals surface area contributed by atoms with Crippen molar-refractivity contribution in [3.05, 3.63) is 29.8 Å². The van der Waals surface area contributed by atoms with Gasteiger partial charge in [-0.2, -0.15) is 0 Å². The van der Waals surface area contributed by atoms with Crippen molar-refractivity contribution in [2.75, 3.05) is 0 Å². The van der Waals surface area contributed by atoms with Gasteiger partial charge in [0.2, 0.25) is 0 Å². The number of aliphatic hydroxyl groups excluding tert-OH is 1. The number of para-hydroxylation sites is 1. The van der Waals surface area contributed by atoms with Crippen molar-refractivity contribution in [3.63, 3.8) is 0 Å². The Morgan fingerprint density at radius 1 is 1.31 bits per heavy atom. The van der Waals surface area contributed by atoms with Gasteiger partial charge in [-0.1, -0.05) is 12.1 Å². The SMILES string of the molecule is O=C(NC1CCCC1O)c1ccccc1O. The molecule has 1 aliphatic carbocycles. The van der Waals surface area contributed by atoms with Crippen LogP contribution in [0.5, 0.6) is 5.75 Å². The summed E-state index contributed by atoms with van der Waals surface area (Å²) in [6.07, 6.45) is 1.98. The molecule has 1 fully saturated rings. The second-order valence-electron chi connectivity index (χ2n) is 4.10. The van der Waals surface area contributed by atoms with E-state index in [1.165, 1.54) is 6.07 Å². The monoisotopic (exact) mass is 221 g/mol. The fourth-order valence-corrected chi connectivity index (χ4v) is 2.02. The molecule has 0 aromatic heterocycles. The molecule has 0 radical (unpaired) electrons. The third-order valence-corrected chi connectivity index (χ3v) is 2.94. The predicted molar refractivity (Wildman–Crippen MR) is 59.2 cm³/mol. The van der Waals surface area contributed by atoms with Gasteiger partial charge in [0.15, 0.2) is 0 Å². The van der Waals surface area contributed by atoms with Crippen LogP contribution < -0.4 is 5.32 Å². The zero-order valence-electron chi connectivity index (χ0n) is 8.89. The van der Waals surface area contributed by atoms with Crippen LogP contribution >= 0.6 is 0 Å². The number of rotatable bonds is 2. The van der Waals surface area contributed by atoms with Gasteiger partial charge < -0.3 is 15.5 Å². The minimum absolute atomic E-state index is 0.0347. The molecule has 0 aliphatic heterocycles. The molecular formula is C12H15NO3. The number of aromatic hydroxyl groups is 1. The topological polar surface area (TPSA) is 69.6 Å². The molecule has 0 saturated heterocycles. The molecule has 0 heterocycles. The molecule has 1 saturated carbocycles. The smallest absolute Gasteiger partial charge is 0.255 e. The lowest BCUT2D eigenvalue weighted by atomic mass is 10.1. The van der Waals surface area contributed by atoms with Gasteiger partial charge >= 0.3 is 0 Å². The van der Waals surface area contributed by atoms with Crippen LogP contribution in [0, 0.1) is 0 Å². The summed E-state index contributed by atoms with van der Waals surface area (Å²) in [6.45, 7) is 0. The first-order chi connectivity index (χ1) is 7.68. The van der Waals surface area contributed by atoms with Crippen LogP contribution in [0.3, 0.4) is 0 Å². The number of aliphatic hydroxyl groups is 1. The highest BCUT2D eigenvalue weighted by atomic mass is 16.3. The molecule has 1 amide bonds. The van der Waals surface area contributed by atoms with E-state index in [1.54, 1.807) is 18.2 Å². The van der Waals surface area contributed by atoms with Crippen LogP contribution in [0.4, 0.5) is 0 Å². The summed E-state index contributed by atoms with van der Waals surface area (Å²) in [4.78, 5) is 11.8. The summed E-state index contributed by atoms with van der Waals surface area (Å²) in [6, 6.07) is 6.20. The molecule has 0 spiro atoms. The van der Waals surface area contributed by atoms with Crippen LogP contribution in [0.25, 0.3) is 0 Å². The number of nitrogens with one attached hydrogen (secondary N) is 1. The summed E-state index contributed by atoms with van der Waals surface area (Å²) >= 11 is 0. The summed E-state index contributed by atoms with van der Waals surface area (Å²) in [5, 5.41) is 21.8. The van der Waals surface area contributed by atoms with E-state index in [2.05, 4.69) is 5.32 Å². The number of amides is 1. The third kappa shape index (κ3) is 2.17. The molecule has 16 heavy (non-hydrogen) atoms. The van der Waals surface area contributed by atoms with Crippen molar-refractivity contribution < 1.29 is 15.0 Å². The summed E-state index contributed by atoms with van der Waals surface area (Å²) in [5.74, 6) is -0.364. The highest BCUT2D eigenvalue weighted by Gasteiger charge is 2.27. The summed E-state index contributed by atoms with van der Waals surface area (Å²) in [5.41, 5.74) is 0.251. The lowest BCUT2D eigenvalue weighted by Gasteiger charge is -2.16. The highest BCUT2D eigenvalue weighted by molar-refractivity contribution is 5.96. The van der Waals surface area contributed by atoms with Gasteiger partial charge in [0.25, 0.3) is 5.91 Å². The van der Waals surface area contributed by atoms with Gasteiger partial charge in [0, 0.05) is 0 Å². The molecule has 1 aromatic rings. The second-order valence-corrected chi connectivity index (χ2v) is 4.10. The van der Waals surface area contributed by atoms with E-state index in [4.69, 9.17) is 0 Å². The standard InChI is InChI=1S/C12H15NO3/c14-10-6-2-1-4-8(10)12(16)13-9-5-3-7-11(9)15/h1-2,4,6,9,11,14-15H,3,5,7H2,(H,13,16). The Hall–Kier alpha value is -1.55. The number of phenols is 1. The number of carbonyl (C=O) groups is 1. The maximum absolute atomic E-state index is 11.8. The van der Waals surface area contributed by atoms with Crippen LogP contribution in [0.2, 0.25) is 0 Å². The molecule has 4 heteroatoms. The molecule has 86 valence electrons. The van der Waals surface area contributed by atoms with Crippen LogP contribution in [-0.4, -0.2) is 28.3 Å². The van der Waals surface area contributed by atoms with Crippen molar-refractivity contribution in [2.45, 2.75) is 31.4 Å². The maximum atomic E-state index is 11.8. The van der Waals surface area contributed by atoms with Crippen LogP contribution in [-0.2, 0) is 0 Å². The van der Waals surface area contributed by atoms with Crippen molar-refractivity contribution >= 4 is 5.91 Å². The zero-order chi connectivity index (χ0) is 11.5. The molecule has 1 aliphatic rings. The Morgan fingerprint density at radius 2 is 2.06 bits per heavy atom. The molecular weight excluding hydrogens is 206 g/mol. The number of carbonyl (C=O) groups excluding carboxylic acids is 1. The minimum Gasteiger partial charge on any atom is -0.507 e. The third-order valence-electron chi connectivity index (χ3n) is 2.94. The first kappa shape index (κ1) is 11.0. The van der Waals surface area contributed by atoms with Crippen LogP contribution in [0.15, 0.2) is 24.3 Å². The fourth-order valence-electron chi connectivity index (χ4n) is 2.02. The Balaban J connectivity index is 2.06. The van der Waals surface area contributed by atoms with E-state index in [1.807, 2.05) is 0 Å². The number of hydrogen-bond donors (Lipinski definition) is 3. The van der Waals surface area contributed by atoms with E-state index < -0.39 is 6.10 Å². The Kier molecular flexibility index (Phi) is 3.10. The Morgan fingerprint density at radius 3 is 2.69 bits per heavy atom. The van der Waals surface area contributed by atoms with Crippen molar-refractivity contribution in [1.82, 2.24) is 5.32 Å². The number of benzene rings is 1. The minimum atomic E-state index is -0.463. The highest BCUT2D eigenvalue weighted by Crippen LogP contribution is 2.21. The van der Waals surface area contributed by atoms with Crippen LogP contribution in [0.1, 0.15) is 29.6 Å². The van der Waals surface area contributed by atoms with Gasteiger partial charge in [-0.25, -0.2) is 0 Å². The van der Waals surface area contributed by atoms with Gasteiger partial charge in [-0.3, -0.25) is 4.79 Å². The van der Waals surface area contributed by atoms with E-state index in [-0.39, 0.29) is 23.3 Å². The fraction of sp³-hybridized carbons (Fsp3) is 0.417. The largest absolute Gasteiger partial charge is 0.507 e. The van der Waals surface area contributed by atoms with E-state index >= 15 is 0 Å². The Labute approximate surface area is 93.9 Å². The number of phenolic OH excluding ortho intramolecular Hbond substituents is 1. The normalized spacial score (nSPS) is 24.3. The van der Waals surface area contributed by atoms with Crippen molar-refractivity contribution in [2.24, 2.45) is 0 Å². The predicted octanol–water partition coefficient (Wildman–Crippen LogP) is 1.04. The lowest BCUT2D eigenvalue weighted by molar-refractivity contribution is 0.0870. The van der Waals surface area contributed by atoms with E-state index in [0.717, 1.165) is 19.3 Å². The number of hydrogen-bond acceptors (Lipinski definition) is 3. The molecule has 2 unspecified atom stereocenters. The van der Waals surface area contributed by atoms with Gasteiger partial charge in [-0.05, 0) is 31.4 Å². The molecule has 1 aromatic carbocycles. The summed E-state index contributed by atoms with van der Waals surface area (Å²) < 4.78 is 0. The van der Waals surface area contributed by atoms with Crippen molar-refractivity contribution in [1.29, 1.82) is 0 Å². The summed E-state index contributed by atoms with van der Waals surface area (Å²) in [7, 11) is 0. The molecule has 2 rings (SSSR count). The van der Waals surface area contributed by atoms with Gasteiger partial charge in [-0.15, -0.1) is 0 Å². The maximum Gasteiger partial charge on any atom is 0.255 e. The average molecular weight is 221 g/mol. The quantitative estimate of drug-likeness (QED) is 0.698. The first-order valence-corrected chi connectivity index (χ1v) is 5.45. The molecule has 4 nitrogen and oxygen atoms in total. The van der Waals surface area contributed by atoms with E-state index in [9.17, 15) is 15.0 Å². The van der Waals surface area contributed by atoms with Crippen molar-refractivity contribution in [3.8, 4) is 5.75 Å². The molecule has 0 bridgehead atoms. The Bertz CT molecular complexity index is 392. The average Bonchev–Trinajstić information content (AvgIpc) is 2.65. The molecule has 2 atom stereocenters. The van der Waals surface area contributed by atoms with Gasteiger partial charge in [0.05, 0.1) is 17.7 Å². The zero-order valence-corrected chi connectivity index (χ0v) is 8.89. The van der Waals surface area contributed by atoms with E-state index in [0.29, 0.717) is 0 Å². The van der Waals surface area contributed by atoms with Gasteiger partial charge in [0.1, 0.15) is 5.75 Å². The molecule has 3 N–H and O–H groups in total. The second kappa shape index (κ2) is 4.53. The lowest BCUT2D eigenvalue weighted by Crippen LogP contribution is -2.39.